The molecule has 1 aromatic rings. The molecule has 0 aromatic heterocycles. The second kappa shape index (κ2) is 7.61. The summed E-state index contributed by atoms with van der Waals surface area (Å²) < 4.78 is 18.3. The number of hydrogen-bond acceptors (Lipinski definition) is 4. The average Bonchev–Trinajstić information content (AvgIpc) is 2.40. The van der Waals surface area contributed by atoms with Gasteiger partial charge < -0.3 is 15.4 Å². The number of nitrogens with zero attached hydrogens (tertiary/aromatic N) is 1. The minimum absolute atomic E-state index is 0.0210. The molecule has 1 rings (SSSR count). The van der Waals surface area contributed by atoms with E-state index in [1.54, 1.807) is 6.92 Å². The van der Waals surface area contributed by atoms with E-state index in [9.17, 15) is 14.0 Å². The van der Waals surface area contributed by atoms with Gasteiger partial charge in [0.2, 0.25) is 0 Å². The van der Waals surface area contributed by atoms with E-state index >= 15 is 0 Å². The molecule has 5 nitrogen and oxygen atoms in total. The molecule has 0 radical (unpaired) electrons. The van der Waals surface area contributed by atoms with Gasteiger partial charge in [-0.2, -0.15) is 0 Å². The molecule has 0 saturated carbocycles. The van der Waals surface area contributed by atoms with Gasteiger partial charge in [-0.05, 0) is 31.0 Å². The molecule has 1 amide bonds. The van der Waals surface area contributed by atoms with E-state index in [0.717, 1.165) is 6.07 Å². The van der Waals surface area contributed by atoms with Crippen molar-refractivity contribution < 1.29 is 18.7 Å². The summed E-state index contributed by atoms with van der Waals surface area (Å²) in [5.41, 5.74) is 5.53. The standard InChI is InChI=1S/C15H21FN2O3/c1-4-21-14(19)9-18(8-10(2)3)15(20)11-5-6-13(17)12(16)7-11/h5-7,10H,4,8-9,17H2,1-3H3. The number of rotatable bonds is 6. The summed E-state index contributed by atoms with van der Waals surface area (Å²) in [7, 11) is 0. The van der Waals surface area contributed by atoms with Gasteiger partial charge in [0.25, 0.3) is 5.91 Å². The first kappa shape index (κ1) is 16.9. The summed E-state index contributed by atoms with van der Waals surface area (Å²) in [4.78, 5) is 25.3. The van der Waals surface area contributed by atoms with Crippen LogP contribution < -0.4 is 5.73 Å². The van der Waals surface area contributed by atoms with E-state index in [2.05, 4.69) is 0 Å². The Morgan fingerprint density at radius 3 is 2.57 bits per heavy atom. The summed E-state index contributed by atoms with van der Waals surface area (Å²) in [6.45, 7) is 6.02. The van der Waals surface area contributed by atoms with E-state index in [4.69, 9.17) is 10.5 Å². The van der Waals surface area contributed by atoms with E-state index in [1.165, 1.54) is 17.0 Å². The number of benzene rings is 1. The number of esters is 1. The van der Waals surface area contributed by atoms with Crippen molar-refractivity contribution in [2.24, 2.45) is 5.92 Å². The molecule has 0 bridgehead atoms. The fraction of sp³-hybridized carbons (Fsp3) is 0.467. The molecule has 116 valence electrons. The zero-order chi connectivity index (χ0) is 16.0. The molecule has 0 atom stereocenters. The average molecular weight is 296 g/mol. The lowest BCUT2D eigenvalue weighted by Gasteiger charge is -2.23. The first-order valence-corrected chi connectivity index (χ1v) is 6.85. The highest BCUT2D eigenvalue weighted by molar-refractivity contribution is 5.96. The van der Waals surface area contributed by atoms with Crippen LogP contribution in [-0.4, -0.2) is 36.5 Å². The van der Waals surface area contributed by atoms with Crippen LogP contribution in [0.4, 0.5) is 10.1 Å². The zero-order valence-electron chi connectivity index (χ0n) is 12.6. The number of carbonyl (C=O) groups excluding carboxylic acids is 2. The minimum Gasteiger partial charge on any atom is -0.465 e. The predicted molar refractivity (Wildman–Crippen MR) is 78.2 cm³/mol. The fourth-order valence-electron chi connectivity index (χ4n) is 1.87. The van der Waals surface area contributed by atoms with Crippen LogP contribution in [0.2, 0.25) is 0 Å². The Morgan fingerprint density at radius 1 is 1.38 bits per heavy atom. The van der Waals surface area contributed by atoms with E-state index in [-0.39, 0.29) is 30.3 Å². The number of carbonyl (C=O) groups is 2. The number of halogens is 1. The Hall–Kier alpha value is -2.11. The quantitative estimate of drug-likeness (QED) is 0.644. The molecule has 21 heavy (non-hydrogen) atoms. The molecule has 0 unspecified atom stereocenters. The summed E-state index contributed by atoms with van der Waals surface area (Å²) in [6, 6.07) is 3.86. The van der Waals surface area contributed by atoms with Crippen molar-refractivity contribution in [1.82, 2.24) is 4.90 Å². The third-order valence-electron chi connectivity index (χ3n) is 2.75. The first-order valence-electron chi connectivity index (χ1n) is 6.85. The summed E-state index contributed by atoms with van der Waals surface area (Å²) in [5.74, 6) is -1.39. The van der Waals surface area contributed by atoms with Crippen LogP contribution in [0.1, 0.15) is 31.1 Å². The zero-order valence-corrected chi connectivity index (χ0v) is 12.6. The minimum atomic E-state index is -0.651. The highest BCUT2D eigenvalue weighted by Crippen LogP contribution is 2.14. The van der Waals surface area contributed by atoms with Gasteiger partial charge in [-0.1, -0.05) is 13.8 Å². The van der Waals surface area contributed by atoms with E-state index < -0.39 is 17.7 Å². The van der Waals surface area contributed by atoms with Crippen LogP contribution in [0.5, 0.6) is 0 Å². The molecule has 0 aliphatic carbocycles. The smallest absolute Gasteiger partial charge is 0.325 e. The Bertz CT molecular complexity index is 518. The Kier molecular flexibility index (Phi) is 6.14. The van der Waals surface area contributed by atoms with Crippen LogP contribution in [-0.2, 0) is 9.53 Å². The van der Waals surface area contributed by atoms with Crippen molar-refractivity contribution in [1.29, 1.82) is 0 Å². The second-order valence-corrected chi connectivity index (χ2v) is 5.12. The van der Waals surface area contributed by atoms with Crippen molar-refractivity contribution in [3.05, 3.63) is 29.6 Å². The van der Waals surface area contributed by atoms with Gasteiger partial charge >= 0.3 is 5.97 Å². The van der Waals surface area contributed by atoms with Crippen LogP contribution >= 0.6 is 0 Å². The van der Waals surface area contributed by atoms with Crippen LogP contribution in [0.3, 0.4) is 0 Å². The van der Waals surface area contributed by atoms with Crippen molar-refractivity contribution in [3.8, 4) is 0 Å². The van der Waals surface area contributed by atoms with Crippen molar-refractivity contribution >= 4 is 17.6 Å². The van der Waals surface area contributed by atoms with Crippen molar-refractivity contribution in [2.45, 2.75) is 20.8 Å². The number of hydrogen-bond donors (Lipinski definition) is 1. The number of nitrogens with two attached hydrogens (primary N) is 1. The van der Waals surface area contributed by atoms with Gasteiger partial charge in [0.15, 0.2) is 0 Å². The molecule has 0 spiro atoms. The maximum absolute atomic E-state index is 13.5. The lowest BCUT2D eigenvalue weighted by atomic mass is 10.1. The molecule has 2 N–H and O–H groups in total. The van der Waals surface area contributed by atoms with Crippen LogP contribution in [0, 0.1) is 11.7 Å². The number of ether oxygens (including phenoxy) is 1. The lowest BCUT2D eigenvalue weighted by molar-refractivity contribution is -0.143. The third kappa shape index (κ3) is 5.06. The van der Waals surface area contributed by atoms with Gasteiger partial charge in [-0.15, -0.1) is 0 Å². The third-order valence-corrected chi connectivity index (χ3v) is 2.75. The Morgan fingerprint density at radius 2 is 2.05 bits per heavy atom. The van der Waals surface area contributed by atoms with Crippen molar-refractivity contribution in [3.63, 3.8) is 0 Å². The molecular formula is C15H21FN2O3. The summed E-state index contributed by atoms with van der Waals surface area (Å²) in [6.07, 6.45) is 0. The summed E-state index contributed by atoms with van der Waals surface area (Å²) >= 11 is 0. The van der Waals surface area contributed by atoms with Gasteiger partial charge in [0, 0.05) is 12.1 Å². The number of nitrogen functional groups attached to an aromatic ring is 1. The Labute approximate surface area is 123 Å². The first-order chi connectivity index (χ1) is 9.85. The highest BCUT2D eigenvalue weighted by atomic mass is 19.1. The van der Waals surface area contributed by atoms with Crippen LogP contribution in [0.25, 0.3) is 0 Å². The molecule has 0 aliphatic heterocycles. The van der Waals surface area contributed by atoms with E-state index in [0.29, 0.717) is 6.54 Å². The van der Waals surface area contributed by atoms with E-state index in [1.807, 2.05) is 13.8 Å². The maximum Gasteiger partial charge on any atom is 0.325 e. The van der Waals surface area contributed by atoms with Gasteiger partial charge in [-0.25, -0.2) is 4.39 Å². The SMILES string of the molecule is CCOC(=O)CN(CC(C)C)C(=O)c1ccc(N)c(F)c1. The predicted octanol–water partition coefficient (Wildman–Crippen LogP) is 2.07. The molecule has 0 fully saturated rings. The molecular weight excluding hydrogens is 275 g/mol. The maximum atomic E-state index is 13.5. The fourth-order valence-corrected chi connectivity index (χ4v) is 1.87. The monoisotopic (exact) mass is 296 g/mol. The second-order valence-electron chi connectivity index (χ2n) is 5.12. The van der Waals surface area contributed by atoms with Crippen LogP contribution in [0.15, 0.2) is 18.2 Å². The lowest BCUT2D eigenvalue weighted by Crippen LogP contribution is -2.39. The topological polar surface area (TPSA) is 72.6 Å². The van der Waals surface area contributed by atoms with Gasteiger partial charge in [0.05, 0.1) is 12.3 Å². The number of amides is 1. The normalized spacial score (nSPS) is 10.5. The molecule has 1 aromatic carbocycles. The van der Waals surface area contributed by atoms with Crippen molar-refractivity contribution in [2.75, 3.05) is 25.4 Å². The molecule has 0 heterocycles. The number of anilines is 1. The van der Waals surface area contributed by atoms with Gasteiger partial charge in [-0.3, -0.25) is 9.59 Å². The highest BCUT2D eigenvalue weighted by Gasteiger charge is 2.21. The molecule has 0 aliphatic rings. The Balaban J connectivity index is 2.92. The largest absolute Gasteiger partial charge is 0.465 e. The molecule has 6 heteroatoms. The molecule has 0 saturated heterocycles. The summed E-state index contributed by atoms with van der Waals surface area (Å²) in [5, 5.41) is 0. The van der Waals surface area contributed by atoms with Gasteiger partial charge in [0.1, 0.15) is 12.4 Å².